The molecule has 1 aromatic heterocycles. The summed E-state index contributed by atoms with van der Waals surface area (Å²) in [6, 6.07) is 5.93. The zero-order chi connectivity index (χ0) is 20.1. The molecule has 0 unspecified atom stereocenters. The first kappa shape index (κ1) is 19.7. The molecule has 0 saturated carbocycles. The minimum Gasteiger partial charge on any atom is -0.454 e. The van der Waals surface area contributed by atoms with Gasteiger partial charge in [-0.15, -0.1) is 11.3 Å². The van der Waals surface area contributed by atoms with Crippen LogP contribution in [0.15, 0.2) is 28.7 Å². The molecule has 1 fully saturated rings. The van der Waals surface area contributed by atoms with Crippen molar-refractivity contribution in [1.29, 1.82) is 0 Å². The lowest BCUT2D eigenvalue weighted by Gasteiger charge is -2.26. The van der Waals surface area contributed by atoms with Gasteiger partial charge in [-0.2, -0.15) is 5.10 Å². The highest BCUT2D eigenvalue weighted by Crippen LogP contribution is 2.32. The van der Waals surface area contributed by atoms with Crippen LogP contribution in [0, 0.1) is 0 Å². The predicted octanol–water partition coefficient (Wildman–Crippen LogP) is 2.38. The van der Waals surface area contributed by atoms with Gasteiger partial charge in [-0.1, -0.05) is 6.07 Å². The van der Waals surface area contributed by atoms with Crippen molar-refractivity contribution >= 4 is 28.1 Å². The SMILES string of the molecule is C/C(CCc1ccc2c(c1)OCO2)=N\NC(=O)Cc1csc(N2CCOCC2)n1. The average Bonchev–Trinajstić information content (AvgIpc) is 3.40. The van der Waals surface area contributed by atoms with Crippen LogP contribution in [0.25, 0.3) is 0 Å². The zero-order valence-corrected chi connectivity index (χ0v) is 17.2. The number of morpholine rings is 1. The van der Waals surface area contributed by atoms with Crippen molar-refractivity contribution in [3.8, 4) is 11.5 Å². The van der Waals surface area contributed by atoms with E-state index in [0.717, 1.165) is 72.7 Å². The molecule has 4 rings (SSSR count). The standard InChI is InChI=1S/C20H24N4O4S/c1-14(2-3-15-4-5-17-18(10-15)28-13-27-17)22-23-19(25)11-16-12-29-20(21-16)24-6-8-26-9-7-24/h4-5,10,12H,2-3,6-9,11,13H2,1H3,(H,23,25)/b22-14+. The fraction of sp³-hybridized carbons (Fsp3) is 0.450. The number of benzene rings is 1. The highest BCUT2D eigenvalue weighted by Gasteiger charge is 2.16. The fourth-order valence-electron chi connectivity index (χ4n) is 3.12. The Morgan fingerprint density at radius 2 is 2.10 bits per heavy atom. The second-order valence-electron chi connectivity index (χ2n) is 6.97. The Bertz CT molecular complexity index is 892. The summed E-state index contributed by atoms with van der Waals surface area (Å²) >= 11 is 1.56. The number of hydrazone groups is 1. The smallest absolute Gasteiger partial charge is 0.246 e. The second kappa shape index (κ2) is 9.23. The molecule has 3 heterocycles. The number of aryl methyl sites for hydroxylation is 1. The number of aromatic nitrogens is 1. The number of amides is 1. The first-order chi connectivity index (χ1) is 14.2. The van der Waals surface area contributed by atoms with Gasteiger partial charge in [0.1, 0.15) is 0 Å². The van der Waals surface area contributed by atoms with E-state index in [9.17, 15) is 4.79 Å². The quantitative estimate of drug-likeness (QED) is 0.551. The summed E-state index contributed by atoms with van der Waals surface area (Å²) in [5.41, 5.74) is 5.41. The maximum Gasteiger partial charge on any atom is 0.246 e. The monoisotopic (exact) mass is 416 g/mol. The number of rotatable bonds is 7. The lowest BCUT2D eigenvalue weighted by atomic mass is 10.1. The number of hydrogen-bond donors (Lipinski definition) is 1. The van der Waals surface area contributed by atoms with Gasteiger partial charge in [0.25, 0.3) is 0 Å². The van der Waals surface area contributed by atoms with Gasteiger partial charge in [0.05, 0.1) is 25.3 Å². The van der Waals surface area contributed by atoms with Crippen LogP contribution >= 0.6 is 11.3 Å². The number of nitrogens with one attached hydrogen (secondary N) is 1. The van der Waals surface area contributed by atoms with Gasteiger partial charge in [-0.3, -0.25) is 4.79 Å². The maximum atomic E-state index is 12.2. The molecule has 0 spiro atoms. The van der Waals surface area contributed by atoms with E-state index in [-0.39, 0.29) is 19.1 Å². The molecule has 0 atom stereocenters. The normalized spacial score (nSPS) is 16.2. The number of ether oxygens (including phenoxy) is 3. The molecule has 9 heteroatoms. The number of thiazole rings is 1. The highest BCUT2D eigenvalue weighted by atomic mass is 32.1. The van der Waals surface area contributed by atoms with Crippen LogP contribution in [0.5, 0.6) is 11.5 Å². The van der Waals surface area contributed by atoms with Crippen LogP contribution in [0.1, 0.15) is 24.6 Å². The van der Waals surface area contributed by atoms with Gasteiger partial charge in [0.15, 0.2) is 16.6 Å². The first-order valence-electron chi connectivity index (χ1n) is 9.65. The van der Waals surface area contributed by atoms with E-state index in [2.05, 4.69) is 20.4 Å². The third-order valence-electron chi connectivity index (χ3n) is 4.75. The van der Waals surface area contributed by atoms with Crippen LogP contribution in [0.2, 0.25) is 0 Å². The zero-order valence-electron chi connectivity index (χ0n) is 16.3. The first-order valence-corrected chi connectivity index (χ1v) is 10.5. The molecule has 2 aliphatic heterocycles. The van der Waals surface area contributed by atoms with E-state index in [1.165, 1.54) is 0 Å². The molecule has 29 heavy (non-hydrogen) atoms. The van der Waals surface area contributed by atoms with Crippen molar-refractivity contribution < 1.29 is 19.0 Å². The summed E-state index contributed by atoms with van der Waals surface area (Å²) in [6.07, 6.45) is 1.79. The molecule has 154 valence electrons. The topological polar surface area (TPSA) is 85.3 Å². The minimum absolute atomic E-state index is 0.161. The van der Waals surface area contributed by atoms with Crippen molar-refractivity contribution in [2.24, 2.45) is 5.10 Å². The molecule has 0 aliphatic carbocycles. The maximum absolute atomic E-state index is 12.2. The number of nitrogens with zero attached hydrogens (tertiary/aromatic N) is 3. The number of fused-ring (bicyclic) bond motifs is 1. The summed E-state index contributed by atoms with van der Waals surface area (Å²) in [7, 11) is 0. The van der Waals surface area contributed by atoms with E-state index in [1.807, 2.05) is 30.5 Å². The highest BCUT2D eigenvalue weighted by molar-refractivity contribution is 7.13. The molecule has 1 aromatic carbocycles. The molecule has 1 N–H and O–H groups in total. The molecule has 0 bridgehead atoms. The third-order valence-corrected chi connectivity index (χ3v) is 5.70. The second-order valence-corrected chi connectivity index (χ2v) is 7.80. The van der Waals surface area contributed by atoms with E-state index in [4.69, 9.17) is 14.2 Å². The molecule has 0 radical (unpaired) electrons. The molecule has 1 amide bonds. The molecule has 8 nitrogen and oxygen atoms in total. The van der Waals surface area contributed by atoms with Crippen molar-refractivity contribution in [3.05, 3.63) is 34.8 Å². The Hall–Kier alpha value is -2.65. The van der Waals surface area contributed by atoms with Crippen molar-refractivity contribution in [2.75, 3.05) is 38.0 Å². The molecular formula is C20H24N4O4S. The molecule has 2 aliphatic rings. The van der Waals surface area contributed by atoms with E-state index < -0.39 is 0 Å². The third kappa shape index (κ3) is 5.24. The van der Waals surface area contributed by atoms with Gasteiger partial charge in [-0.05, 0) is 37.5 Å². The van der Waals surface area contributed by atoms with Crippen LogP contribution in [0.4, 0.5) is 5.13 Å². The van der Waals surface area contributed by atoms with E-state index >= 15 is 0 Å². The Morgan fingerprint density at radius 1 is 1.28 bits per heavy atom. The molecular weight excluding hydrogens is 392 g/mol. The summed E-state index contributed by atoms with van der Waals surface area (Å²) in [6.45, 7) is 5.30. The largest absolute Gasteiger partial charge is 0.454 e. The number of hydrogen-bond acceptors (Lipinski definition) is 8. The summed E-state index contributed by atoms with van der Waals surface area (Å²) in [4.78, 5) is 18.9. The minimum atomic E-state index is -0.161. The van der Waals surface area contributed by atoms with Crippen molar-refractivity contribution in [2.45, 2.75) is 26.2 Å². The van der Waals surface area contributed by atoms with Crippen molar-refractivity contribution in [3.63, 3.8) is 0 Å². The Labute approximate surface area is 173 Å². The Kier molecular flexibility index (Phi) is 6.26. The van der Waals surface area contributed by atoms with Crippen molar-refractivity contribution in [1.82, 2.24) is 10.4 Å². The van der Waals surface area contributed by atoms with Crippen LogP contribution in [-0.2, 0) is 22.4 Å². The van der Waals surface area contributed by atoms with Gasteiger partial charge in [-0.25, -0.2) is 10.4 Å². The lowest BCUT2D eigenvalue weighted by Crippen LogP contribution is -2.36. The molecule has 1 saturated heterocycles. The summed E-state index contributed by atoms with van der Waals surface area (Å²) in [5.74, 6) is 1.40. The molecule has 2 aromatic rings. The van der Waals surface area contributed by atoms with Crippen LogP contribution in [0.3, 0.4) is 0 Å². The predicted molar refractivity (Wildman–Crippen MR) is 111 cm³/mol. The fourth-order valence-corrected chi connectivity index (χ4v) is 4.00. The van der Waals surface area contributed by atoms with Gasteiger partial charge in [0.2, 0.25) is 12.7 Å². The number of carbonyl (C=O) groups is 1. The van der Waals surface area contributed by atoms with E-state index in [1.54, 1.807) is 11.3 Å². The van der Waals surface area contributed by atoms with Gasteiger partial charge >= 0.3 is 0 Å². The summed E-state index contributed by atoms with van der Waals surface area (Å²) < 4.78 is 16.1. The average molecular weight is 417 g/mol. The number of carbonyl (C=O) groups excluding carboxylic acids is 1. The summed E-state index contributed by atoms with van der Waals surface area (Å²) in [5, 5.41) is 7.09. The van der Waals surface area contributed by atoms with Crippen LogP contribution in [-0.4, -0.2) is 49.7 Å². The van der Waals surface area contributed by atoms with E-state index in [0.29, 0.717) is 0 Å². The Balaban J connectivity index is 1.23. The van der Waals surface area contributed by atoms with Crippen LogP contribution < -0.4 is 19.8 Å². The lowest BCUT2D eigenvalue weighted by molar-refractivity contribution is -0.120. The number of anilines is 1. The Morgan fingerprint density at radius 3 is 2.97 bits per heavy atom. The van der Waals surface area contributed by atoms with Gasteiger partial charge < -0.3 is 19.1 Å². The van der Waals surface area contributed by atoms with Gasteiger partial charge in [0, 0.05) is 24.2 Å².